The molecule has 3 rings (SSSR count). The molecule has 3 aromatic rings. The van der Waals surface area contributed by atoms with Crippen LogP contribution in [0.1, 0.15) is 23.0 Å². The predicted octanol–water partition coefficient (Wildman–Crippen LogP) is 2.66. The number of benzene rings is 2. The number of nitro benzene ring substituents is 1. The number of non-ortho nitro benzene ring substituents is 1. The third kappa shape index (κ3) is 6.06. The van der Waals surface area contributed by atoms with Crippen LogP contribution in [-0.2, 0) is 16.1 Å². The van der Waals surface area contributed by atoms with E-state index >= 15 is 0 Å². The van der Waals surface area contributed by atoms with Gasteiger partial charge in [-0.25, -0.2) is 9.48 Å². The fraction of sp³-hybridized carbons (Fsp3) is 0.227. The van der Waals surface area contributed by atoms with E-state index in [1.165, 1.54) is 35.1 Å². The number of carbonyl (C=O) groups excluding carboxylic acids is 2. The molecule has 0 atom stereocenters. The van der Waals surface area contributed by atoms with Gasteiger partial charge in [-0.05, 0) is 36.8 Å². The molecule has 0 spiro atoms. The summed E-state index contributed by atoms with van der Waals surface area (Å²) in [6.07, 6.45) is 1.41. The Kier molecular flexibility index (Phi) is 7.58. The van der Waals surface area contributed by atoms with Crippen molar-refractivity contribution in [2.45, 2.75) is 13.5 Å². The first-order valence-corrected chi connectivity index (χ1v) is 9.95. The summed E-state index contributed by atoms with van der Waals surface area (Å²) in [5, 5.41) is 17.7. The Morgan fingerprint density at radius 1 is 1.12 bits per heavy atom. The van der Waals surface area contributed by atoms with Gasteiger partial charge >= 0.3 is 5.97 Å². The van der Waals surface area contributed by atoms with E-state index in [0.717, 1.165) is 5.56 Å². The predicted molar refractivity (Wildman–Crippen MR) is 117 cm³/mol. The van der Waals surface area contributed by atoms with Gasteiger partial charge in [-0.15, -0.1) is 0 Å². The molecule has 0 radical (unpaired) electrons. The van der Waals surface area contributed by atoms with Gasteiger partial charge in [-0.1, -0.05) is 12.1 Å². The van der Waals surface area contributed by atoms with E-state index in [9.17, 15) is 19.7 Å². The van der Waals surface area contributed by atoms with Gasteiger partial charge in [0.2, 0.25) is 5.69 Å². The Balaban J connectivity index is 1.68. The van der Waals surface area contributed by atoms with Crippen LogP contribution in [0.5, 0.6) is 11.5 Å². The van der Waals surface area contributed by atoms with Crippen molar-refractivity contribution < 1.29 is 28.7 Å². The normalized spacial score (nSPS) is 10.4. The number of aromatic nitrogens is 2. The molecule has 33 heavy (non-hydrogen) atoms. The van der Waals surface area contributed by atoms with Gasteiger partial charge in [0.25, 0.3) is 11.6 Å². The minimum absolute atomic E-state index is 0.0476. The van der Waals surface area contributed by atoms with Crippen LogP contribution in [0.4, 0.5) is 5.69 Å². The van der Waals surface area contributed by atoms with Gasteiger partial charge in [0.05, 0.1) is 30.5 Å². The smallest absolute Gasteiger partial charge is 0.362 e. The zero-order chi connectivity index (χ0) is 23.8. The van der Waals surface area contributed by atoms with Gasteiger partial charge in [0, 0.05) is 18.7 Å². The first-order chi connectivity index (χ1) is 15.9. The number of ether oxygens (including phenoxy) is 3. The highest BCUT2D eigenvalue weighted by molar-refractivity contribution is 5.90. The van der Waals surface area contributed by atoms with Crippen LogP contribution in [0, 0.1) is 10.1 Å². The molecular formula is C22H22N4O7. The van der Waals surface area contributed by atoms with Crippen molar-refractivity contribution in [3.8, 4) is 17.2 Å². The van der Waals surface area contributed by atoms with Crippen molar-refractivity contribution >= 4 is 17.6 Å². The molecule has 0 aliphatic carbocycles. The van der Waals surface area contributed by atoms with E-state index < -0.39 is 16.8 Å². The number of nitrogens with one attached hydrogen (secondary N) is 1. The quantitative estimate of drug-likeness (QED) is 0.281. The minimum Gasteiger partial charge on any atom is -0.497 e. The van der Waals surface area contributed by atoms with Crippen molar-refractivity contribution in [1.82, 2.24) is 15.1 Å². The Labute approximate surface area is 189 Å². The van der Waals surface area contributed by atoms with E-state index in [-0.39, 0.29) is 30.3 Å². The second-order valence-corrected chi connectivity index (χ2v) is 6.69. The Morgan fingerprint density at radius 3 is 2.42 bits per heavy atom. The monoisotopic (exact) mass is 454 g/mol. The average molecular weight is 454 g/mol. The molecule has 0 aliphatic rings. The molecule has 1 heterocycles. The number of carbonyl (C=O) groups is 2. The second kappa shape index (κ2) is 10.8. The third-order valence-corrected chi connectivity index (χ3v) is 4.48. The second-order valence-electron chi connectivity index (χ2n) is 6.69. The van der Waals surface area contributed by atoms with E-state index in [2.05, 4.69) is 10.4 Å². The lowest BCUT2D eigenvalue weighted by molar-refractivity contribution is -0.384. The Morgan fingerprint density at radius 2 is 1.82 bits per heavy atom. The molecule has 0 saturated heterocycles. The van der Waals surface area contributed by atoms with Crippen LogP contribution in [-0.4, -0.2) is 46.9 Å². The number of nitro groups is 1. The summed E-state index contributed by atoms with van der Waals surface area (Å²) in [5.41, 5.74) is 1.15. The van der Waals surface area contributed by atoms with E-state index in [0.29, 0.717) is 18.0 Å². The summed E-state index contributed by atoms with van der Waals surface area (Å²) in [7, 11) is 1.57. The summed E-state index contributed by atoms with van der Waals surface area (Å²) in [4.78, 5) is 34.8. The van der Waals surface area contributed by atoms with Crippen molar-refractivity contribution in [3.63, 3.8) is 0 Å². The van der Waals surface area contributed by atoms with Gasteiger partial charge in [-0.2, -0.15) is 5.10 Å². The zero-order valence-corrected chi connectivity index (χ0v) is 18.0. The van der Waals surface area contributed by atoms with Gasteiger partial charge in [-0.3, -0.25) is 14.9 Å². The summed E-state index contributed by atoms with van der Waals surface area (Å²) < 4.78 is 17.0. The molecule has 0 unspecified atom stereocenters. The summed E-state index contributed by atoms with van der Waals surface area (Å²) in [6.45, 7) is 1.72. The highest BCUT2D eigenvalue weighted by atomic mass is 16.6. The van der Waals surface area contributed by atoms with Crippen LogP contribution in [0.25, 0.3) is 5.69 Å². The van der Waals surface area contributed by atoms with Crippen LogP contribution in [0.3, 0.4) is 0 Å². The maximum Gasteiger partial charge on any atom is 0.362 e. The van der Waals surface area contributed by atoms with Crippen molar-refractivity contribution in [1.29, 1.82) is 0 Å². The standard InChI is InChI=1S/C22H22N4O7/c1-3-32-22(28)21-19(13-25(24-21)16-6-8-17(9-7-16)26(29)30)33-14-20(27)23-12-15-4-10-18(31-2)11-5-15/h4-11,13H,3,12,14H2,1-2H3,(H,23,27). The number of amides is 1. The van der Waals surface area contributed by atoms with Crippen molar-refractivity contribution in [2.24, 2.45) is 0 Å². The van der Waals surface area contributed by atoms with Crippen molar-refractivity contribution in [2.75, 3.05) is 20.3 Å². The number of esters is 1. The fourth-order valence-electron chi connectivity index (χ4n) is 2.80. The minimum atomic E-state index is -0.716. The zero-order valence-electron chi connectivity index (χ0n) is 18.0. The van der Waals surface area contributed by atoms with Crippen LogP contribution in [0.2, 0.25) is 0 Å². The molecule has 2 aromatic carbocycles. The van der Waals surface area contributed by atoms with E-state index in [1.807, 2.05) is 12.1 Å². The molecule has 0 aliphatic heterocycles. The van der Waals surface area contributed by atoms with E-state index in [1.54, 1.807) is 26.2 Å². The maximum atomic E-state index is 12.3. The lowest BCUT2D eigenvalue weighted by atomic mass is 10.2. The molecule has 172 valence electrons. The third-order valence-electron chi connectivity index (χ3n) is 4.48. The molecule has 1 amide bonds. The molecule has 11 nitrogen and oxygen atoms in total. The lowest BCUT2D eigenvalue weighted by Gasteiger charge is -2.08. The number of hydrogen-bond donors (Lipinski definition) is 1. The van der Waals surface area contributed by atoms with E-state index in [4.69, 9.17) is 14.2 Å². The van der Waals surface area contributed by atoms with Gasteiger partial charge < -0.3 is 19.5 Å². The molecule has 0 bridgehead atoms. The van der Waals surface area contributed by atoms with Gasteiger partial charge in [0.15, 0.2) is 12.4 Å². The van der Waals surface area contributed by atoms with Crippen molar-refractivity contribution in [3.05, 3.63) is 76.1 Å². The van der Waals surface area contributed by atoms with Crippen LogP contribution < -0.4 is 14.8 Å². The Bertz CT molecular complexity index is 1120. The summed E-state index contributed by atoms with van der Waals surface area (Å²) in [6, 6.07) is 12.8. The van der Waals surface area contributed by atoms with Crippen LogP contribution >= 0.6 is 0 Å². The largest absolute Gasteiger partial charge is 0.497 e. The van der Waals surface area contributed by atoms with Crippen LogP contribution in [0.15, 0.2) is 54.7 Å². The van der Waals surface area contributed by atoms with Gasteiger partial charge in [0.1, 0.15) is 5.75 Å². The number of rotatable bonds is 10. The first-order valence-electron chi connectivity index (χ1n) is 9.95. The number of methoxy groups -OCH3 is 1. The number of nitrogens with zero attached hydrogens (tertiary/aromatic N) is 3. The first kappa shape index (κ1) is 23.3. The highest BCUT2D eigenvalue weighted by Gasteiger charge is 2.21. The molecule has 1 N–H and O–H groups in total. The highest BCUT2D eigenvalue weighted by Crippen LogP contribution is 2.22. The summed E-state index contributed by atoms with van der Waals surface area (Å²) in [5.74, 6) is -0.355. The SMILES string of the molecule is CCOC(=O)c1nn(-c2ccc([N+](=O)[O-])cc2)cc1OCC(=O)NCc1ccc(OC)cc1. The Hall–Kier alpha value is -4.41. The lowest BCUT2D eigenvalue weighted by Crippen LogP contribution is -2.28. The summed E-state index contributed by atoms with van der Waals surface area (Å²) >= 11 is 0. The molecule has 11 heteroatoms. The molecule has 0 fully saturated rings. The molecule has 1 aromatic heterocycles. The molecule has 0 saturated carbocycles. The average Bonchev–Trinajstić information content (AvgIpc) is 3.26. The number of hydrogen-bond acceptors (Lipinski definition) is 8. The maximum absolute atomic E-state index is 12.3. The topological polar surface area (TPSA) is 135 Å². The molecular weight excluding hydrogens is 432 g/mol. The fourth-order valence-corrected chi connectivity index (χ4v) is 2.80.